The number of hydrogen-bond donors (Lipinski definition) is 3. The van der Waals surface area contributed by atoms with Crippen LogP contribution in [0.1, 0.15) is 117 Å². The van der Waals surface area contributed by atoms with Crippen molar-refractivity contribution in [2.75, 3.05) is 13.7 Å². The molecule has 3 N–H and O–H groups in total. The minimum atomic E-state index is -4.02. The Hall–Kier alpha value is -5.49. The summed E-state index contributed by atoms with van der Waals surface area (Å²) in [4.78, 5) is 68.2. The van der Waals surface area contributed by atoms with E-state index in [0.29, 0.717) is 50.1 Å². The molecule has 18 heteroatoms. The van der Waals surface area contributed by atoms with Crippen molar-refractivity contribution in [1.29, 1.82) is 0 Å². The second-order valence-electron chi connectivity index (χ2n) is 19.6. The number of para-hydroxylation sites is 1. The van der Waals surface area contributed by atoms with Gasteiger partial charge < -0.3 is 29.7 Å². The lowest BCUT2D eigenvalue weighted by molar-refractivity contribution is -0.141. The number of carbonyl (C=O) groups excluding carboxylic acids is 4. The molecule has 5 atom stereocenters. The molecule has 4 aromatic rings. The van der Waals surface area contributed by atoms with Crippen molar-refractivity contribution in [2.45, 2.75) is 146 Å². The van der Waals surface area contributed by atoms with Crippen LogP contribution in [-0.2, 0) is 35.6 Å². The van der Waals surface area contributed by atoms with E-state index in [4.69, 9.17) is 24.2 Å². The number of rotatable bonds is 11. The summed E-state index contributed by atoms with van der Waals surface area (Å²) in [6, 6.07) is 11.8. The van der Waals surface area contributed by atoms with Gasteiger partial charge in [-0.15, -0.1) is 11.3 Å². The first-order valence-electron chi connectivity index (χ1n) is 22.9. The summed E-state index contributed by atoms with van der Waals surface area (Å²) in [5.41, 5.74) is 1.95. The molecule has 354 valence electrons. The fraction of sp³-hybridized carbons (Fsp3) is 0.542. The topological polar surface area (TPSA) is 200 Å². The SMILES string of the molecule is COc1cccc(Cc2csc(-c3cccc4c3nc(O[C@@H]3C[C@H]5C(=O)N[C@]6(C(=O)NS(=O)(=O)C7(C)CC7)C[C@H]6/C=C\CCCCC[C@H](NC(=O)OC(C)(C)C)C(=O)N5C3)n4C(C)C)n2)c1. The van der Waals surface area contributed by atoms with Crippen LogP contribution in [0, 0.1) is 5.92 Å². The highest BCUT2D eigenvalue weighted by Gasteiger charge is 2.63. The van der Waals surface area contributed by atoms with Crippen LogP contribution >= 0.6 is 11.3 Å². The average Bonchev–Trinajstić information content (AvgIpc) is 3.94. The summed E-state index contributed by atoms with van der Waals surface area (Å²) in [5.74, 6) is -1.60. The zero-order chi connectivity index (χ0) is 47.2. The molecule has 2 aliphatic heterocycles. The van der Waals surface area contributed by atoms with Crippen LogP contribution in [0.15, 0.2) is 60.0 Å². The van der Waals surface area contributed by atoms with Crippen molar-refractivity contribution in [1.82, 2.24) is 34.8 Å². The number of ether oxygens (including phenoxy) is 3. The highest BCUT2D eigenvalue weighted by atomic mass is 32.2. The van der Waals surface area contributed by atoms with Crippen LogP contribution in [0.25, 0.3) is 21.6 Å². The number of sulfonamides is 1. The molecule has 4 heterocycles. The quantitative estimate of drug-likeness (QED) is 0.131. The number of amides is 4. The molecule has 0 radical (unpaired) electrons. The largest absolute Gasteiger partial charge is 0.497 e. The van der Waals surface area contributed by atoms with Gasteiger partial charge in [-0.05, 0) is 110 Å². The number of carbonyl (C=O) groups is 4. The molecule has 1 saturated heterocycles. The van der Waals surface area contributed by atoms with E-state index in [9.17, 15) is 27.6 Å². The first kappa shape index (κ1) is 47.0. The normalized spacial score (nSPS) is 24.9. The van der Waals surface area contributed by atoms with E-state index in [1.165, 1.54) is 16.2 Å². The molecule has 0 unspecified atom stereocenters. The number of nitrogens with zero attached hydrogens (tertiary/aromatic N) is 4. The van der Waals surface area contributed by atoms with E-state index in [1.54, 1.807) is 34.8 Å². The monoisotopic (exact) mass is 943 g/mol. The maximum Gasteiger partial charge on any atom is 0.408 e. The lowest BCUT2D eigenvalue weighted by atomic mass is 10.0. The van der Waals surface area contributed by atoms with Crippen molar-refractivity contribution in [3.8, 4) is 22.3 Å². The van der Waals surface area contributed by atoms with E-state index in [1.807, 2.05) is 78.4 Å². The second kappa shape index (κ2) is 18.3. The zero-order valence-corrected chi connectivity index (χ0v) is 40.4. The lowest BCUT2D eigenvalue weighted by Crippen LogP contribution is -2.58. The highest BCUT2D eigenvalue weighted by molar-refractivity contribution is 7.91. The number of fused-ring (bicyclic) bond motifs is 3. The van der Waals surface area contributed by atoms with Crippen molar-refractivity contribution in [2.24, 2.45) is 5.92 Å². The number of nitrogens with one attached hydrogen (secondary N) is 3. The molecule has 16 nitrogen and oxygen atoms in total. The predicted molar refractivity (Wildman–Crippen MR) is 251 cm³/mol. The van der Waals surface area contributed by atoms with Crippen molar-refractivity contribution < 1.29 is 41.8 Å². The number of allylic oxidation sites excluding steroid dienone is 1. The second-order valence-corrected chi connectivity index (χ2v) is 22.7. The predicted octanol–water partition coefficient (Wildman–Crippen LogP) is 6.98. The number of methoxy groups -OCH3 is 1. The molecule has 4 aliphatic rings. The molecule has 2 aromatic heterocycles. The summed E-state index contributed by atoms with van der Waals surface area (Å²) < 4.78 is 47.6. The van der Waals surface area contributed by atoms with Crippen LogP contribution in [0.4, 0.5) is 4.79 Å². The van der Waals surface area contributed by atoms with Crippen LogP contribution < -0.4 is 24.8 Å². The minimum absolute atomic E-state index is 0.0274. The lowest BCUT2D eigenvalue weighted by Gasteiger charge is -2.30. The van der Waals surface area contributed by atoms with Crippen LogP contribution in [0.5, 0.6) is 11.8 Å². The Balaban J connectivity index is 1.10. The third-order valence-electron chi connectivity index (χ3n) is 12.9. The van der Waals surface area contributed by atoms with Gasteiger partial charge in [0.15, 0.2) is 0 Å². The first-order valence-corrected chi connectivity index (χ1v) is 25.3. The van der Waals surface area contributed by atoms with Gasteiger partial charge in [-0.25, -0.2) is 18.2 Å². The van der Waals surface area contributed by atoms with Gasteiger partial charge in [-0.3, -0.25) is 23.7 Å². The van der Waals surface area contributed by atoms with Gasteiger partial charge in [0.1, 0.15) is 45.6 Å². The Kier molecular flexibility index (Phi) is 13.0. The van der Waals surface area contributed by atoms with Gasteiger partial charge in [-0.1, -0.05) is 43.2 Å². The van der Waals surface area contributed by atoms with Crippen LogP contribution in [-0.4, -0.2) is 99.4 Å². The van der Waals surface area contributed by atoms with E-state index in [0.717, 1.165) is 45.9 Å². The highest BCUT2D eigenvalue weighted by Crippen LogP contribution is 2.48. The summed E-state index contributed by atoms with van der Waals surface area (Å²) >= 11 is 1.52. The fourth-order valence-electron chi connectivity index (χ4n) is 8.90. The Morgan fingerprint density at radius 2 is 1.83 bits per heavy atom. The standard InChI is InChI=1S/C48H61N7O9S2/c1-29(2)55-37-20-14-18-35(41-49-32(28-65-41)23-30-15-13-17-33(24-30)62-7)39(37)51-44(55)63-34-25-38-40(56)52-48(43(58)53-66(60,61)47(6)21-22-47)26-31(48)16-11-9-8-10-12-19-36(42(57)54(38)27-34)50-45(59)64-46(3,4)5/h11,13-18,20,24,28-29,31,34,36,38H,8-10,12,19,21-23,25-27H2,1-7H3,(H,50,59)(H,52,56)(H,53,58)/b16-11-/t31-,34-,36+,38+,48-/m1/s1. The van der Waals surface area contributed by atoms with Gasteiger partial charge in [0, 0.05) is 35.7 Å². The summed E-state index contributed by atoms with van der Waals surface area (Å²) in [5, 5.41) is 8.55. The summed E-state index contributed by atoms with van der Waals surface area (Å²) in [7, 11) is -2.37. The van der Waals surface area contributed by atoms with Crippen molar-refractivity contribution in [3.05, 3.63) is 71.3 Å². The molecule has 8 rings (SSSR count). The molecule has 66 heavy (non-hydrogen) atoms. The van der Waals surface area contributed by atoms with Gasteiger partial charge in [-0.2, -0.15) is 4.98 Å². The van der Waals surface area contributed by atoms with Gasteiger partial charge in [0.05, 0.1) is 29.6 Å². The molecule has 2 saturated carbocycles. The van der Waals surface area contributed by atoms with E-state index in [-0.39, 0.29) is 25.4 Å². The maximum atomic E-state index is 14.8. The molecule has 0 bridgehead atoms. The number of benzene rings is 2. The van der Waals surface area contributed by atoms with Gasteiger partial charge in [0.25, 0.3) is 11.9 Å². The number of alkyl carbamates (subject to hydrolysis) is 1. The van der Waals surface area contributed by atoms with Gasteiger partial charge in [0.2, 0.25) is 21.8 Å². The van der Waals surface area contributed by atoms with E-state index in [2.05, 4.69) is 15.4 Å². The smallest absolute Gasteiger partial charge is 0.408 e. The van der Waals surface area contributed by atoms with Crippen molar-refractivity contribution in [3.63, 3.8) is 0 Å². The maximum absolute atomic E-state index is 14.8. The van der Waals surface area contributed by atoms with Gasteiger partial charge >= 0.3 is 6.09 Å². The molecule has 0 spiro atoms. The molecular weight excluding hydrogens is 883 g/mol. The number of aromatic nitrogens is 3. The Labute approximate surface area is 390 Å². The first-order chi connectivity index (χ1) is 31.3. The Morgan fingerprint density at radius 1 is 1.06 bits per heavy atom. The van der Waals surface area contributed by atoms with E-state index >= 15 is 0 Å². The third-order valence-corrected chi connectivity index (χ3v) is 16.0. The fourth-order valence-corrected chi connectivity index (χ4v) is 11.1. The number of hydrogen-bond acceptors (Lipinski definition) is 12. The molecule has 3 fully saturated rings. The Morgan fingerprint density at radius 3 is 2.56 bits per heavy atom. The van der Waals surface area contributed by atoms with Crippen LogP contribution in [0.2, 0.25) is 0 Å². The van der Waals surface area contributed by atoms with Crippen LogP contribution in [0.3, 0.4) is 0 Å². The van der Waals surface area contributed by atoms with Crippen molar-refractivity contribution >= 4 is 56.2 Å². The van der Waals surface area contributed by atoms with E-state index < -0.39 is 73.8 Å². The summed E-state index contributed by atoms with van der Waals surface area (Å²) in [6.45, 7) is 10.8. The summed E-state index contributed by atoms with van der Waals surface area (Å²) in [6.07, 6.45) is 7.16. The molecular formula is C48H61N7O9S2. The Bertz CT molecular complexity index is 2650. The molecule has 4 amide bonds. The number of thiazole rings is 1. The zero-order valence-electron chi connectivity index (χ0n) is 38.7. The molecule has 2 aliphatic carbocycles. The number of imidazole rings is 1. The minimum Gasteiger partial charge on any atom is -0.497 e. The average molecular weight is 944 g/mol. The molecule has 2 aromatic carbocycles. The third kappa shape index (κ3) is 9.94.